The summed E-state index contributed by atoms with van der Waals surface area (Å²) in [5.41, 5.74) is 8.61. The Labute approximate surface area is 107 Å². The Morgan fingerprint density at radius 1 is 1.39 bits per heavy atom. The van der Waals surface area contributed by atoms with E-state index in [4.69, 9.17) is 10.5 Å². The lowest BCUT2D eigenvalue weighted by atomic mass is 10.1. The van der Waals surface area contributed by atoms with Gasteiger partial charge >= 0.3 is 0 Å². The molecule has 96 valence electrons. The fraction of sp³-hybridized carbons (Fsp3) is 0.385. The van der Waals surface area contributed by atoms with E-state index in [0.29, 0.717) is 5.88 Å². The van der Waals surface area contributed by atoms with Crippen molar-refractivity contribution in [1.29, 1.82) is 0 Å². The first-order valence-electron chi connectivity index (χ1n) is 5.89. The van der Waals surface area contributed by atoms with Crippen molar-refractivity contribution in [2.24, 2.45) is 12.8 Å². The molecule has 2 rings (SSSR count). The van der Waals surface area contributed by atoms with Gasteiger partial charge in [-0.25, -0.2) is 4.98 Å². The van der Waals surface area contributed by atoms with E-state index in [9.17, 15) is 0 Å². The van der Waals surface area contributed by atoms with Crippen LogP contribution >= 0.6 is 0 Å². The lowest BCUT2D eigenvalue weighted by Gasteiger charge is -2.12. The van der Waals surface area contributed by atoms with Crippen molar-refractivity contribution in [3.8, 4) is 11.6 Å². The highest BCUT2D eigenvalue weighted by molar-refractivity contribution is 5.38. The summed E-state index contributed by atoms with van der Waals surface area (Å²) in [5, 5.41) is 4.31. The molecule has 2 aromatic rings. The van der Waals surface area contributed by atoms with E-state index in [2.05, 4.69) is 10.1 Å². The summed E-state index contributed by atoms with van der Waals surface area (Å²) in [4.78, 5) is 4.25. The minimum Gasteiger partial charge on any atom is -0.435 e. The van der Waals surface area contributed by atoms with Crippen molar-refractivity contribution >= 4 is 0 Å². The van der Waals surface area contributed by atoms with Crippen LogP contribution in [-0.2, 0) is 7.05 Å². The van der Waals surface area contributed by atoms with E-state index >= 15 is 0 Å². The molecule has 1 atom stereocenters. The molecule has 0 aromatic carbocycles. The van der Waals surface area contributed by atoms with Gasteiger partial charge in [0.25, 0.3) is 0 Å². The zero-order valence-corrected chi connectivity index (χ0v) is 11.1. The third-order valence-electron chi connectivity index (χ3n) is 2.93. The summed E-state index contributed by atoms with van der Waals surface area (Å²) in [6.45, 7) is 5.79. The van der Waals surface area contributed by atoms with E-state index in [1.54, 1.807) is 10.9 Å². The fourth-order valence-electron chi connectivity index (χ4n) is 1.83. The Bertz CT molecular complexity index is 560. The van der Waals surface area contributed by atoms with E-state index in [-0.39, 0.29) is 6.04 Å². The molecule has 0 amide bonds. The number of nitrogens with two attached hydrogens (primary N) is 1. The van der Waals surface area contributed by atoms with Gasteiger partial charge in [-0.3, -0.25) is 4.68 Å². The van der Waals surface area contributed by atoms with Crippen LogP contribution in [0.25, 0.3) is 0 Å². The Balaban J connectivity index is 2.40. The summed E-state index contributed by atoms with van der Waals surface area (Å²) in [5.74, 6) is 1.30. The molecule has 0 fully saturated rings. The SMILES string of the molecule is Cc1nn(C)c(C)c1Oc1ncccc1[C@H](C)N. The first-order chi connectivity index (χ1) is 8.50. The molecule has 18 heavy (non-hydrogen) atoms. The van der Waals surface area contributed by atoms with Gasteiger partial charge < -0.3 is 10.5 Å². The second kappa shape index (κ2) is 4.78. The number of hydrogen-bond donors (Lipinski definition) is 1. The summed E-state index contributed by atoms with van der Waals surface area (Å²) < 4.78 is 7.67. The minimum atomic E-state index is -0.119. The maximum atomic E-state index is 5.91. The van der Waals surface area contributed by atoms with E-state index < -0.39 is 0 Å². The minimum absolute atomic E-state index is 0.119. The molecule has 0 unspecified atom stereocenters. The molecule has 0 saturated heterocycles. The van der Waals surface area contributed by atoms with Crippen molar-refractivity contribution in [3.05, 3.63) is 35.3 Å². The zero-order valence-electron chi connectivity index (χ0n) is 11.1. The molecular weight excluding hydrogens is 228 g/mol. The van der Waals surface area contributed by atoms with E-state index in [0.717, 1.165) is 22.7 Å². The third kappa shape index (κ3) is 2.22. The quantitative estimate of drug-likeness (QED) is 0.902. The number of hydrogen-bond acceptors (Lipinski definition) is 4. The highest BCUT2D eigenvalue weighted by Crippen LogP contribution is 2.30. The van der Waals surface area contributed by atoms with E-state index in [1.165, 1.54) is 0 Å². The van der Waals surface area contributed by atoms with Gasteiger partial charge in [0.1, 0.15) is 5.69 Å². The molecule has 0 aliphatic heterocycles. The Hall–Kier alpha value is -1.88. The topological polar surface area (TPSA) is 66.0 Å². The fourth-order valence-corrected chi connectivity index (χ4v) is 1.83. The standard InChI is InChI=1S/C13H18N4O/c1-8(14)11-6-5-7-15-13(11)18-12-9(2)16-17(4)10(12)3/h5-8H,14H2,1-4H3/t8-/m0/s1. The number of pyridine rings is 1. The summed E-state index contributed by atoms with van der Waals surface area (Å²) >= 11 is 0. The normalized spacial score (nSPS) is 12.5. The summed E-state index contributed by atoms with van der Waals surface area (Å²) in [7, 11) is 1.89. The average Bonchev–Trinajstić information content (AvgIpc) is 2.56. The van der Waals surface area contributed by atoms with Crippen molar-refractivity contribution in [2.45, 2.75) is 26.8 Å². The number of ether oxygens (including phenoxy) is 1. The van der Waals surface area contributed by atoms with Gasteiger partial charge in [-0.15, -0.1) is 0 Å². The van der Waals surface area contributed by atoms with E-state index in [1.807, 2.05) is 40.0 Å². The number of rotatable bonds is 3. The molecule has 0 aliphatic carbocycles. The molecule has 0 radical (unpaired) electrons. The predicted molar refractivity (Wildman–Crippen MR) is 69.6 cm³/mol. The molecule has 0 spiro atoms. The smallest absolute Gasteiger partial charge is 0.224 e. The highest BCUT2D eigenvalue weighted by Gasteiger charge is 2.15. The molecular formula is C13H18N4O. The van der Waals surface area contributed by atoms with Gasteiger partial charge in [0.2, 0.25) is 5.88 Å². The van der Waals surface area contributed by atoms with Crippen molar-refractivity contribution < 1.29 is 4.74 Å². The molecule has 0 bridgehead atoms. The van der Waals surface area contributed by atoms with Crippen LogP contribution in [0.15, 0.2) is 18.3 Å². The summed E-state index contributed by atoms with van der Waals surface area (Å²) in [6, 6.07) is 3.66. The molecule has 2 heterocycles. The molecule has 0 saturated carbocycles. The van der Waals surface area contributed by atoms with Crippen LogP contribution in [-0.4, -0.2) is 14.8 Å². The maximum absolute atomic E-state index is 5.91. The van der Waals surface area contributed by atoms with Crippen LogP contribution in [0.1, 0.15) is 29.9 Å². The van der Waals surface area contributed by atoms with Gasteiger partial charge in [0, 0.05) is 24.8 Å². The number of aryl methyl sites for hydroxylation is 2. The van der Waals surface area contributed by atoms with Crippen molar-refractivity contribution in [1.82, 2.24) is 14.8 Å². The van der Waals surface area contributed by atoms with Crippen molar-refractivity contribution in [3.63, 3.8) is 0 Å². The zero-order chi connectivity index (χ0) is 13.3. The van der Waals surface area contributed by atoms with Gasteiger partial charge in [0.05, 0.1) is 5.69 Å². The molecule has 0 aliphatic rings. The Kier molecular flexibility index (Phi) is 3.34. The second-order valence-electron chi connectivity index (χ2n) is 4.41. The van der Waals surface area contributed by atoms with Crippen LogP contribution in [0.2, 0.25) is 0 Å². The van der Waals surface area contributed by atoms with Crippen LogP contribution in [0.5, 0.6) is 11.6 Å². The van der Waals surface area contributed by atoms with Gasteiger partial charge in [-0.1, -0.05) is 6.07 Å². The summed E-state index contributed by atoms with van der Waals surface area (Å²) in [6.07, 6.45) is 1.70. The predicted octanol–water partition coefficient (Wildman–Crippen LogP) is 2.24. The number of aromatic nitrogens is 3. The maximum Gasteiger partial charge on any atom is 0.224 e. The Morgan fingerprint density at radius 2 is 2.11 bits per heavy atom. The lowest BCUT2D eigenvalue weighted by molar-refractivity contribution is 0.445. The van der Waals surface area contributed by atoms with Crippen LogP contribution in [0.3, 0.4) is 0 Å². The highest BCUT2D eigenvalue weighted by atomic mass is 16.5. The van der Waals surface area contributed by atoms with Crippen molar-refractivity contribution in [2.75, 3.05) is 0 Å². The van der Waals surface area contributed by atoms with Gasteiger partial charge in [-0.05, 0) is 26.8 Å². The Morgan fingerprint density at radius 3 is 2.67 bits per heavy atom. The second-order valence-corrected chi connectivity index (χ2v) is 4.41. The molecule has 5 heteroatoms. The first kappa shape index (κ1) is 12.6. The molecule has 2 aromatic heterocycles. The largest absolute Gasteiger partial charge is 0.435 e. The lowest BCUT2D eigenvalue weighted by Crippen LogP contribution is -2.07. The first-order valence-corrected chi connectivity index (χ1v) is 5.89. The number of nitrogens with zero attached hydrogens (tertiary/aromatic N) is 3. The van der Waals surface area contributed by atoms with Gasteiger partial charge in [0.15, 0.2) is 5.75 Å². The average molecular weight is 246 g/mol. The van der Waals surface area contributed by atoms with Gasteiger partial charge in [-0.2, -0.15) is 5.10 Å². The molecule has 5 nitrogen and oxygen atoms in total. The molecule has 2 N–H and O–H groups in total. The van der Waals surface area contributed by atoms with Crippen LogP contribution < -0.4 is 10.5 Å². The third-order valence-corrected chi connectivity index (χ3v) is 2.93. The van der Waals surface area contributed by atoms with Crippen LogP contribution in [0.4, 0.5) is 0 Å². The monoisotopic (exact) mass is 246 g/mol. The van der Waals surface area contributed by atoms with Crippen LogP contribution in [0, 0.1) is 13.8 Å².